The monoisotopic (exact) mass is 430 g/mol. The number of carbonyl (C=O) groups is 1. The van der Waals surface area contributed by atoms with Gasteiger partial charge in [-0.15, -0.1) is 24.0 Å². The van der Waals surface area contributed by atoms with Crippen molar-refractivity contribution >= 4 is 35.8 Å². The maximum absolute atomic E-state index is 11.9. The van der Waals surface area contributed by atoms with Crippen LogP contribution < -0.4 is 10.6 Å². The standard InChI is InChI=1S/C17H26N4O.HI/c1-14-7-6-12-21(13-14)17(18-2)20-11-10-19-16(22)15-8-4-3-5-9-15;/h3-5,8-9,14H,6-7,10-13H2,1-2H3,(H,18,20)(H,19,22);1H. The molecule has 1 atom stereocenters. The van der Waals surface area contributed by atoms with E-state index in [-0.39, 0.29) is 29.9 Å². The Kier molecular flexibility index (Phi) is 8.98. The molecule has 0 aliphatic carbocycles. The smallest absolute Gasteiger partial charge is 0.251 e. The third-order valence-electron chi connectivity index (χ3n) is 3.90. The van der Waals surface area contributed by atoms with Gasteiger partial charge in [-0.2, -0.15) is 0 Å². The highest BCUT2D eigenvalue weighted by Gasteiger charge is 2.18. The van der Waals surface area contributed by atoms with E-state index >= 15 is 0 Å². The Morgan fingerprint density at radius 2 is 1.96 bits per heavy atom. The summed E-state index contributed by atoms with van der Waals surface area (Å²) in [5, 5.41) is 6.24. The summed E-state index contributed by atoms with van der Waals surface area (Å²) in [5.74, 6) is 1.61. The van der Waals surface area contributed by atoms with Crippen LogP contribution in [0.15, 0.2) is 35.3 Å². The van der Waals surface area contributed by atoms with Crippen LogP contribution in [0, 0.1) is 5.92 Å². The second kappa shape index (κ2) is 10.5. The molecule has 1 aromatic carbocycles. The molecule has 1 aliphatic heterocycles. The van der Waals surface area contributed by atoms with Crippen LogP contribution in [0.3, 0.4) is 0 Å². The van der Waals surface area contributed by atoms with Gasteiger partial charge in [-0.1, -0.05) is 25.1 Å². The van der Waals surface area contributed by atoms with Gasteiger partial charge in [-0.05, 0) is 30.9 Å². The van der Waals surface area contributed by atoms with Gasteiger partial charge in [0.15, 0.2) is 5.96 Å². The van der Waals surface area contributed by atoms with Gasteiger partial charge in [0.25, 0.3) is 5.91 Å². The van der Waals surface area contributed by atoms with Crippen molar-refractivity contribution in [2.75, 3.05) is 33.2 Å². The zero-order valence-electron chi connectivity index (χ0n) is 13.9. The molecule has 5 nitrogen and oxygen atoms in total. The van der Waals surface area contributed by atoms with Crippen LogP contribution in [0.4, 0.5) is 0 Å². The first kappa shape index (κ1) is 19.7. The lowest BCUT2D eigenvalue weighted by molar-refractivity contribution is 0.0954. The number of piperidine rings is 1. The highest BCUT2D eigenvalue weighted by Crippen LogP contribution is 2.15. The first-order valence-corrected chi connectivity index (χ1v) is 7.99. The van der Waals surface area contributed by atoms with Crippen molar-refractivity contribution in [3.05, 3.63) is 35.9 Å². The molecule has 1 heterocycles. The van der Waals surface area contributed by atoms with Crippen molar-refractivity contribution < 1.29 is 4.79 Å². The summed E-state index contributed by atoms with van der Waals surface area (Å²) in [6, 6.07) is 9.27. The van der Waals surface area contributed by atoms with E-state index < -0.39 is 0 Å². The third kappa shape index (κ3) is 6.37. The van der Waals surface area contributed by atoms with E-state index in [1.165, 1.54) is 12.8 Å². The predicted octanol–water partition coefficient (Wildman–Crippen LogP) is 2.34. The number of nitrogens with one attached hydrogen (secondary N) is 2. The van der Waals surface area contributed by atoms with Gasteiger partial charge in [0.2, 0.25) is 0 Å². The molecular weight excluding hydrogens is 403 g/mol. The first-order chi connectivity index (χ1) is 10.7. The zero-order valence-corrected chi connectivity index (χ0v) is 16.2. The molecule has 1 fully saturated rings. The zero-order chi connectivity index (χ0) is 15.8. The number of amides is 1. The summed E-state index contributed by atoms with van der Waals surface area (Å²) in [4.78, 5) is 18.6. The van der Waals surface area contributed by atoms with Crippen LogP contribution in [-0.4, -0.2) is 50.0 Å². The maximum Gasteiger partial charge on any atom is 0.251 e. The Morgan fingerprint density at radius 3 is 2.61 bits per heavy atom. The van der Waals surface area contributed by atoms with Crippen LogP contribution in [0.2, 0.25) is 0 Å². The summed E-state index contributed by atoms with van der Waals surface area (Å²) >= 11 is 0. The van der Waals surface area contributed by atoms with Gasteiger partial charge in [0.1, 0.15) is 0 Å². The van der Waals surface area contributed by atoms with E-state index in [1.54, 1.807) is 0 Å². The second-order valence-corrected chi connectivity index (χ2v) is 5.79. The van der Waals surface area contributed by atoms with Crippen LogP contribution in [0.1, 0.15) is 30.1 Å². The molecule has 0 spiro atoms. The molecule has 1 saturated heterocycles. The number of benzene rings is 1. The highest BCUT2D eigenvalue weighted by atomic mass is 127. The van der Waals surface area contributed by atoms with E-state index in [9.17, 15) is 4.79 Å². The molecule has 1 aliphatic rings. The largest absolute Gasteiger partial charge is 0.354 e. The molecule has 1 unspecified atom stereocenters. The van der Waals surface area contributed by atoms with Gasteiger partial charge in [-0.25, -0.2) is 0 Å². The van der Waals surface area contributed by atoms with E-state index in [1.807, 2.05) is 37.4 Å². The number of guanidine groups is 1. The molecule has 2 rings (SSSR count). The lowest BCUT2D eigenvalue weighted by atomic mass is 10.0. The minimum Gasteiger partial charge on any atom is -0.354 e. The maximum atomic E-state index is 11.9. The fraction of sp³-hybridized carbons (Fsp3) is 0.529. The Hall–Kier alpha value is -1.31. The number of likely N-dealkylation sites (tertiary alicyclic amines) is 1. The Morgan fingerprint density at radius 1 is 1.26 bits per heavy atom. The number of hydrogen-bond donors (Lipinski definition) is 2. The summed E-state index contributed by atoms with van der Waals surface area (Å²) in [5.41, 5.74) is 0.691. The van der Waals surface area contributed by atoms with Gasteiger partial charge < -0.3 is 15.5 Å². The molecule has 1 aromatic rings. The van der Waals surface area contributed by atoms with Crippen LogP contribution in [0.25, 0.3) is 0 Å². The van der Waals surface area contributed by atoms with Crippen LogP contribution in [-0.2, 0) is 0 Å². The second-order valence-electron chi connectivity index (χ2n) is 5.79. The molecule has 23 heavy (non-hydrogen) atoms. The molecule has 128 valence electrons. The average Bonchev–Trinajstić information content (AvgIpc) is 2.55. The van der Waals surface area contributed by atoms with E-state index in [0.29, 0.717) is 24.6 Å². The molecule has 0 radical (unpaired) electrons. The van der Waals surface area contributed by atoms with Gasteiger partial charge in [0, 0.05) is 38.8 Å². The number of nitrogens with zero attached hydrogens (tertiary/aromatic N) is 2. The lowest BCUT2D eigenvalue weighted by Gasteiger charge is -2.33. The van der Waals surface area contributed by atoms with Gasteiger partial charge >= 0.3 is 0 Å². The van der Waals surface area contributed by atoms with E-state index in [4.69, 9.17) is 0 Å². The number of carbonyl (C=O) groups excluding carboxylic acids is 1. The quantitative estimate of drug-likeness (QED) is 0.334. The fourth-order valence-electron chi connectivity index (χ4n) is 2.76. The normalized spacial score (nSPS) is 18.1. The van der Waals surface area contributed by atoms with E-state index in [2.05, 4.69) is 27.4 Å². The first-order valence-electron chi connectivity index (χ1n) is 7.99. The average molecular weight is 430 g/mol. The molecule has 0 aromatic heterocycles. The number of hydrogen-bond acceptors (Lipinski definition) is 2. The van der Waals surface area contributed by atoms with Crippen molar-refractivity contribution in [1.29, 1.82) is 0 Å². The summed E-state index contributed by atoms with van der Waals surface area (Å²) in [6.07, 6.45) is 2.51. The topological polar surface area (TPSA) is 56.7 Å². The van der Waals surface area contributed by atoms with Crippen LogP contribution >= 0.6 is 24.0 Å². The van der Waals surface area contributed by atoms with Crippen molar-refractivity contribution in [3.63, 3.8) is 0 Å². The highest BCUT2D eigenvalue weighted by molar-refractivity contribution is 14.0. The fourth-order valence-corrected chi connectivity index (χ4v) is 2.76. The molecule has 2 N–H and O–H groups in total. The molecule has 6 heteroatoms. The van der Waals surface area contributed by atoms with Crippen molar-refractivity contribution in [3.8, 4) is 0 Å². The molecule has 0 saturated carbocycles. The van der Waals surface area contributed by atoms with Crippen molar-refractivity contribution in [1.82, 2.24) is 15.5 Å². The van der Waals surface area contributed by atoms with E-state index in [0.717, 1.165) is 19.0 Å². The molecule has 0 bridgehead atoms. The minimum atomic E-state index is -0.0380. The summed E-state index contributed by atoms with van der Waals surface area (Å²) in [7, 11) is 1.81. The number of aliphatic imine (C=N–C) groups is 1. The predicted molar refractivity (Wildman–Crippen MR) is 106 cm³/mol. The number of rotatable bonds is 4. The van der Waals surface area contributed by atoms with Crippen molar-refractivity contribution in [2.24, 2.45) is 10.9 Å². The minimum absolute atomic E-state index is 0. The molecule has 1 amide bonds. The lowest BCUT2D eigenvalue weighted by Crippen LogP contribution is -2.47. The van der Waals surface area contributed by atoms with Gasteiger partial charge in [0.05, 0.1) is 0 Å². The van der Waals surface area contributed by atoms with Crippen LogP contribution in [0.5, 0.6) is 0 Å². The molecular formula is C17H27IN4O. The summed E-state index contributed by atoms with van der Waals surface area (Å²) in [6.45, 7) is 5.64. The Labute approximate surface area is 156 Å². The Bertz CT molecular complexity index is 507. The third-order valence-corrected chi connectivity index (χ3v) is 3.90. The Balaban J connectivity index is 0.00000264. The van der Waals surface area contributed by atoms with Gasteiger partial charge in [-0.3, -0.25) is 9.79 Å². The van der Waals surface area contributed by atoms with Crippen molar-refractivity contribution in [2.45, 2.75) is 19.8 Å². The summed E-state index contributed by atoms with van der Waals surface area (Å²) < 4.78 is 0. The SMILES string of the molecule is CN=C(NCCNC(=O)c1ccccc1)N1CCCC(C)C1.I. The number of halogens is 1.